The summed E-state index contributed by atoms with van der Waals surface area (Å²) in [7, 11) is 0. The highest BCUT2D eigenvalue weighted by molar-refractivity contribution is 5.81. The number of nitriles is 1. The van der Waals surface area contributed by atoms with Crippen LogP contribution in [-0.2, 0) is 4.79 Å². The Kier molecular flexibility index (Phi) is 5.40. The monoisotopic (exact) mass is 302 g/mol. The Labute approximate surface area is 131 Å². The molecule has 5 heteroatoms. The molecule has 22 heavy (non-hydrogen) atoms. The molecule has 1 amide bonds. The molecule has 0 bridgehead atoms. The second-order valence-corrected chi connectivity index (χ2v) is 5.81. The van der Waals surface area contributed by atoms with Gasteiger partial charge in [-0.15, -0.1) is 0 Å². The van der Waals surface area contributed by atoms with Crippen molar-refractivity contribution in [2.45, 2.75) is 51.4 Å². The summed E-state index contributed by atoms with van der Waals surface area (Å²) in [6.07, 6.45) is 1.46. The van der Waals surface area contributed by atoms with Crippen molar-refractivity contribution < 1.29 is 14.6 Å². The van der Waals surface area contributed by atoms with Crippen LogP contribution in [0.5, 0.6) is 5.75 Å². The number of rotatable bonds is 5. The summed E-state index contributed by atoms with van der Waals surface area (Å²) in [4.78, 5) is 14.4. The molecule has 1 N–H and O–H groups in total. The van der Waals surface area contributed by atoms with Gasteiger partial charge in [-0.1, -0.05) is 6.07 Å². The molecular weight excluding hydrogens is 280 g/mol. The van der Waals surface area contributed by atoms with E-state index < -0.39 is 12.2 Å². The third kappa shape index (κ3) is 3.99. The molecule has 0 aromatic heterocycles. The van der Waals surface area contributed by atoms with Crippen molar-refractivity contribution >= 4 is 5.91 Å². The van der Waals surface area contributed by atoms with E-state index in [1.165, 1.54) is 0 Å². The van der Waals surface area contributed by atoms with E-state index in [0.717, 1.165) is 12.8 Å². The van der Waals surface area contributed by atoms with Crippen molar-refractivity contribution in [3.63, 3.8) is 0 Å². The minimum atomic E-state index is -0.608. The average molecular weight is 302 g/mol. The number of carbonyl (C=O) groups is 1. The van der Waals surface area contributed by atoms with Crippen LogP contribution in [0, 0.1) is 11.3 Å². The summed E-state index contributed by atoms with van der Waals surface area (Å²) >= 11 is 0. The van der Waals surface area contributed by atoms with Gasteiger partial charge in [-0.3, -0.25) is 4.79 Å². The summed E-state index contributed by atoms with van der Waals surface area (Å²) < 4.78 is 5.68. The lowest BCUT2D eigenvalue weighted by molar-refractivity contribution is -0.139. The standard InChI is InChI=1S/C17H22N2O3/c1-12(20)9-15-6-4-8-19(15)17(21)13(2)22-16-7-3-5-14(10-16)11-18/h3,5,7,10,12-13,15,20H,4,6,8-9H2,1-2H3. The second-order valence-electron chi connectivity index (χ2n) is 5.81. The molecule has 0 spiro atoms. The highest BCUT2D eigenvalue weighted by Crippen LogP contribution is 2.23. The van der Waals surface area contributed by atoms with Crippen LogP contribution in [0.1, 0.15) is 38.7 Å². The number of amides is 1. The molecule has 0 aliphatic carbocycles. The maximum absolute atomic E-state index is 12.6. The molecular formula is C17H22N2O3. The molecule has 0 radical (unpaired) electrons. The minimum Gasteiger partial charge on any atom is -0.481 e. The number of carbonyl (C=O) groups excluding carboxylic acids is 1. The second kappa shape index (κ2) is 7.28. The maximum atomic E-state index is 12.6. The van der Waals surface area contributed by atoms with E-state index in [-0.39, 0.29) is 11.9 Å². The average Bonchev–Trinajstić information content (AvgIpc) is 2.93. The molecule has 3 unspecified atom stereocenters. The largest absolute Gasteiger partial charge is 0.481 e. The van der Waals surface area contributed by atoms with Gasteiger partial charge in [0, 0.05) is 12.6 Å². The fourth-order valence-electron chi connectivity index (χ4n) is 2.89. The lowest BCUT2D eigenvalue weighted by atomic mass is 10.1. The Morgan fingerprint density at radius 2 is 2.32 bits per heavy atom. The number of likely N-dealkylation sites (tertiary alicyclic amines) is 1. The first-order valence-electron chi connectivity index (χ1n) is 7.66. The molecule has 2 rings (SSSR count). The number of aliphatic hydroxyl groups excluding tert-OH is 1. The summed E-state index contributed by atoms with van der Waals surface area (Å²) in [5.41, 5.74) is 0.505. The normalized spacial score (nSPS) is 20.3. The van der Waals surface area contributed by atoms with Crippen molar-refractivity contribution in [2.75, 3.05) is 6.54 Å². The number of aliphatic hydroxyl groups is 1. The summed E-state index contributed by atoms with van der Waals surface area (Å²) in [5.74, 6) is 0.455. The Hall–Kier alpha value is -2.06. The number of hydrogen-bond acceptors (Lipinski definition) is 4. The van der Waals surface area contributed by atoms with Crippen molar-refractivity contribution in [1.29, 1.82) is 5.26 Å². The first-order chi connectivity index (χ1) is 10.5. The van der Waals surface area contributed by atoms with Gasteiger partial charge in [-0.2, -0.15) is 5.26 Å². The van der Waals surface area contributed by atoms with Gasteiger partial charge in [-0.25, -0.2) is 0 Å². The highest BCUT2D eigenvalue weighted by atomic mass is 16.5. The van der Waals surface area contributed by atoms with Gasteiger partial charge >= 0.3 is 0 Å². The Morgan fingerprint density at radius 1 is 1.55 bits per heavy atom. The molecule has 1 aliphatic rings. The third-order valence-corrected chi connectivity index (χ3v) is 3.90. The van der Waals surface area contributed by atoms with Gasteiger partial charge in [0.2, 0.25) is 0 Å². The number of ether oxygens (including phenoxy) is 1. The molecule has 1 aliphatic heterocycles. The first-order valence-corrected chi connectivity index (χ1v) is 7.66. The Morgan fingerprint density at radius 3 is 3.00 bits per heavy atom. The summed E-state index contributed by atoms with van der Waals surface area (Å²) in [5, 5.41) is 18.4. The van der Waals surface area contributed by atoms with Crippen molar-refractivity contribution in [2.24, 2.45) is 0 Å². The van der Waals surface area contributed by atoms with E-state index >= 15 is 0 Å². The summed E-state index contributed by atoms with van der Waals surface area (Å²) in [6, 6.07) is 8.93. The van der Waals surface area contributed by atoms with Crippen molar-refractivity contribution in [3.8, 4) is 11.8 Å². The lowest BCUT2D eigenvalue weighted by Crippen LogP contribution is -2.44. The lowest BCUT2D eigenvalue weighted by Gasteiger charge is -2.28. The third-order valence-electron chi connectivity index (χ3n) is 3.90. The fraction of sp³-hybridized carbons (Fsp3) is 0.529. The van der Waals surface area contributed by atoms with Crippen LogP contribution < -0.4 is 4.74 Å². The highest BCUT2D eigenvalue weighted by Gasteiger charge is 2.32. The predicted molar refractivity (Wildman–Crippen MR) is 82.3 cm³/mol. The van der Waals surface area contributed by atoms with Crippen LogP contribution in [0.15, 0.2) is 24.3 Å². The molecule has 0 saturated carbocycles. The van der Waals surface area contributed by atoms with Gasteiger partial charge in [0.1, 0.15) is 5.75 Å². The van der Waals surface area contributed by atoms with Crippen LogP contribution >= 0.6 is 0 Å². The topological polar surface area (TPSA) is 73.6 Å². The van der Waals surface area contributed by atoms with Crippen LogP contribution in [0.25, 0.3) is 0 Å². The van der Waals surface area contributed by atoms with E-state index in [4.69, 9.17) is 10.00 Å². The van der Waals surface area contributed by atoms with Crippen LogP contribution in [0.2, 0.25) is 0 Å². The Bertz CT molecular complexity index is 565. The minimum absolute atomic E-state index is 0.0643. The molecule has 3 atom stereocenters. The van der Waals surface area contributed by atoms with Crippen LogP contribution in [0.3, 0.4) is 0 Å². The zero-order valence-corrected chi connectivity index (χ0v) is 13.0. The predicted octanol–water partition coefficient (Wildman–Crippen LogP) is 2.09. The maximum Gasteiger partial charge on any atom is 0.263 e. The SMILES string of the molecule is CC(O)CC1CCCN1C(=O)C(C)Oc1cccc(C#N)c1. The zero-order valence-electron chi connectivity index (χ0n) is 13.0. The van der Waals surface area contributed by atoms with E-state index in [2.05, 4.69) is 6.07 Å². The zero-order chi connectivity index (χ0) is 16.1. The van der Waals surface area contributed by atoms with E-state index in [1.54, 1.807) is 38.1 Å². The number of nitrogens with zero attached hydrogens (tertiary/aromatic N) is 2. The van der Waals surface area contributed by atoms with Gasteiger partial charge in [0.15, 0.2) is 6.10 Å². The molecule has 1 aromatic carbocycles. The van der Waals surface area contributed by atoms with Crippen LogP contribution in [0.4, 0.5) is 0 Å². The van der Waals surface area contributed by atoms with E-state index in [0.29, 0.717) is 24.3 Å². The number of benzene rings is 1. The molecule has 118 valence electrons. The Balaban J connectivity index is 2.00. The van der Waals surface area contributed by atoms with Crippen molar-refractivity contribution in [3.05, 3.63) is 29.8 Å². The molecule has 1 fully saturated rings. The fourth-order valence-corrected chi connectivity index (χ4v) is 2.89. The van der Waals surface area contributed by atoms with Gasteiger partial charge in [0.05, 0.1) is 17.7 Å². The van der Waals surface area contributed by atoms with Crippen molar-refractivity contribution in [1.82, 2.24) is 4.90 Å². The first kappa shape index (κ1) is 16.3. The molecule has 5 nitrogen and oxygen atoms in total. The van der Waals surface area contributed by atoms with E-state index in [9.17, 15) is 9.90 Å². The number of hydrogen-bond donors (Lipinski definition) is 1. The molecule has 1 heterocycles. The quantitative estimate of drug-likeness (QED) is 0.904. The van der Waals surface area contributed by atoms with E-state index in [1.807, 2.05) is 4.90 Å². The van der Waals surface area contributed by atoms with Gasteiger partial charge in [-0.05, 0) is 51.3 Å². The molecule has 1 saturated heterocycles. The van der Waals surface area contributed by atoms with Gasteiger partial charge in [0.25, 0.3) is 5.91 Å². The summed E-state index contributed by atoms with van der Waals surface area (Å²) in [6.45, 7) is 4.18. The smallest absolute Gasteiger partial charge is 0.263 e. The van der Waals surface area contributed by atoms with Crippen LogP contribution in [-0.4, -0.2) is 40.7 Å². The van der Waals surface area contributed by atoms with Gasteiger partial charge < -0.3 is 14.7 Å². The molecule has 1 aromatic rings.